The van der Waals surface area contributed by atoms with E-state index in [0.29, 0.717) is 0 Å². The molecule has 1 aromatic carbocycles. The van der Waals surface area contributed by atoms with Crippen LogP contribution in [-0.4, -0.2) is 24.1 Å². The topological polar surface area (TPSA) is 64.4 Å². The third-order valence-corrected chi connectivity index (χ3v) is 2.73. The molecule has 5 nitrogen and oxygen atoms in total. The molecule has 92 valence electrons. The SMILES string of the molecule is O=[N+]([O-])c1ccc(F)cc1COC1CCNC1. The van der Waals surface area contributed by atoms with Crippen LogP contribution in [0.4, 0.5) is 10.1 Å². The zero-order valence-corrected chi connectivity index (χ0v) is 9.19. The highest BCUT2D eigenvalue weighted by molar-refractivity contribution is 5.39. The Morgan fingerprint density at radius 3 is 3.06 bits per heavy atom. The molecule has 0 aromatic heterocycles. The summed E-state index contributed by atoms with van der Waals surface area (Å²) in [5.41, 5.74) is 0.180. The van der Waals surface area contributed by atoms with E-state index in [1.54, 1.807) is 0 Å². The Labute approximate surface area is 97.7 Å². The zero-order chi connectivity index (χ0) is 12.3. The van der Waals surface area contributed by atoms with Gasteiger partial charge in [-0.3, -0.25) is 10.1 Å². The largest absolute Gasteiger partial charge is 0.372 e. The second-order valence-corrected chi connectivity index (χ2v) is 3.96. The van der Waals surface area contributed by atoms with E-state index in [0.717, 1.165) is 31.6 Å². The first-order valence-corrected chi connectivity index (χ1v) is 5.42. The Balaban J connectivity index is 2.07. The molecule has 1 aromatic rings. The molecule has 6 heteroatoms. The summed E-state index contributed by atoms with van der Waals surface area (Å²) in [6.07, 6.45) is 0.932. The highest BCUT2D eigenvalue weighted by Crippen LogP contribution is 2.21. The molecule has 0 radical (unpaired) electrons. The Morgan fingerprint density at radius 1 is 1.59 bits per heavy atom. The first kappa shape index (κ1) is 11.9. The molecule has 0 saturated carbocycles. The molecule has 1 unspecified atom stereocenters. The summed E-state index contributed by atoms with van der Waals surface area (Å²) < 4.78 is 18.5. The molecule has 0 bridgehead atoms. The number of nitro benzene ring substituents is 1. The maximum absolute atomic E-state index is 13.0. The summed E-state index contributed by atoms with van der Waals surface area (Å²) >= 11 is 0. The molecule has 0 aliphatic carbocycles. The van der Waals surface area contributed by atoms with Crippen LogP contribution >= 0.6 is 0 Å². The average molecular weight is 240 g/mol. The van der Waals surface area contributed by atoms with E-state index in [4.69, 9.17) is 4.74 Å². The van der Waals surface area contributed by atoms with Crippen molar-refractivity contribution in [1.82, 2.24) is 5.32 Å². The Kier molecular flexibility index (Phi) is 3.65. The van der Waals surface area contributed by atoms with Crippen LogP contribution in [-0.2, 0) is 11.3 Å². The van der Waals surface area contributed by atoms with E-state index < -0.39 is 10.7 Å². The van der Waals surface area contributed by atoms with Gasteiger partial charge in [-0.15, -0.1) is 0 Å². The number of hydrogen-bond acceptors (Lipinski definition) is 4. The normalized spacial score (nSPS) is 19.5. The van der Waals surface area contributed by atoms with Crippen molar-refractivity contribution >= 4 is 5.69 Å². The predicted octanol–water partition coefficient (Wildman–Crippen LogP) is 1.61. The van der Waals surface area contributed by atoms with Crippen molar-refractivity contribution in [2.24, 2.45) is 0 Å². The maximum Gasteiger partial charge on any atom is 0.275 e. The van der Waals surface area contributed by atoms with Gasteiger partial charge in [0, 0.05) is 12.6 Å². The number of nitrogens with zero attached hydrogens (tertiary/aromatic N) is 1. The van der Waals surface area contributed by atoms with Gasteiger partial charge in [-0.25, -0.2) is 4.39 Å². The van der Waals surface area contributed by atoms with Crippen LogP contribution in [0.5, 0.6) is 0 Å². The van der Waals surface area contributed by atoms with Gasteiger partial charge >= 0.3 is 0 Å². The standard InChI is InChI=1S/C11H13FN2O3/c12-9-1-2-11(14(15)16)8(5-9)7-17-10-3-4-13-6-10/h1-2,5,10,13H,3-4,6-7H2. The lowest BCUT2D eigenvalue weighted by Crippen LogP contribution is -2.16. The minimum absolute atomic E-state index is 0.0536. The molecule has 1 fully saturated rings. The molecule has 1 aliphatic rings. The Hall–Kier alpha value is -1.53. The van der Waals surface area contributed by atoms with Gasteiger partial charge in [0.15, 0.2) is 0 Å². The Bertz CT molecular complexity index is 419. The fourth-order valence-corrected chi connectivity index (χ4v) is 1.83. The summed E-state index contributed by atoms with van der Waals surface area (Å²) in [5, 5.41) is 13.9. The highest BCUT2D eigenvalue weighted by atomic mass is 19.1. The number of hydrogen-bond donors (Lipinski definition) is 1. The fraction of sp³-hybridized carbons (Fsp3) is 0.455. The molecule has 1 heterocycles. The molecule has 1 aliphatic heterocycles. The van der Waals surface area contributed by atoms with Crippen LogP contribution in [0, 0.1) is 15.9 Å². The number of benzene rings is 1. The molecule has 1 N–H and O–H groups in total. The van der Waals surface area contributed by atoms with Crippen molar-refractivity contribution in [2.45, 2.75) is 19.1 Å². The summed E-state index contributed by atoms with van der Waals surface area (Å²) in [5.74, 6) is -0.487. The van der Waals surface area contributed by atoms with Crippen molar-refractivity contribution in [3.63, 3.8) is 0 Å². The monoisotopic (exact) mass is 240 g/mol. The number of nitrogens with one attached hydrogen (secondary N) is 1. The first-order valence-electron chi connectivity index (χ1n) is 5.42. The van der Waals surface area contributed by atoms with Crippen LogP contribution in [0.1, 0.15) is 12.0 Å². The number of nitro groups is 1. The van der Waals surface area contributed by atoms with Crippen LogP contribution in [0.2, 0.25) is 0 Å². The lowest BCUT2D eigenvalue weighted by atomic mass is 10.2. The van der Waals surface area contributed by atoms with Crippen molar-refractivity contribution in [2.75, 3.05) is 13.1 Å². The van der Waals surface area contributed by atoms with Crippen LogP contribution in [0.25, 0.3) is 0 Å². The fourth-order valence-electron chi connectivity index (χ4n) is 1.83. The molecule has 0 amide bonds. The van der Waals surface area contributed by atoms with Gasteiger partial charge < -0.3 is 10.1 Å². The number of rotatable bonds is 4. The van der Waals surface area contributed by atoms with Gasteiger partial charge in [0.1, 0.15) is 5.82 Å². The minimum atomic E-state index is -0.523. The first-order chi connectivity index (χ1) is 8.16. The lowest BCUT2D eigenvalue weighted by Gasteiger charge is -2.10. The van der Waals surface area contributed by atoms with Gasteiger partial charge in [0.25, 0.3) is 5.69 Å². The zero-order valence-electron chi connectivity index (χ0n) is 9.19. The quantitative estimate of drug-likeness (QED) is 0.641. The molecular formula is C11H13FN2O3. The summed E-state index contributed by atoms with van der Waals surface area (Å²) in [6, 6.07) is 3.40. The summed E-state index contributed by atoms with van der Waals surface area (Å²) in [4.78, 5) is 10.2. The predicted molar refractivity (Wildman–Crippen MR) is 59.1 cm³/mol. The van der Waals surface area contributed by atoms with Crippen LogP contribution < -0.4 is 5.32 Å². The van der Waals surface area contributed by atoms with E-state index in [2.05, 4.69) is 5.32 Å². The molecule has 1 atom stereocenters. The van der Waals surface area contributed by atoms with E-state index in [9.17, 15) is 14.5 Å². The third-order valence-electron chi connectivity index (χ3n) is 2.73. The average Bonchev–Trinajstić information content (AvgIpc) is 2.78. The van der Waals surface area contributed by atoms with E-state index in [1.165, 1.54) is 6.07 Å². The molecule has 1 saturated heterocycles. The second kappa shape index (κ2) is 5.20. The van der Waals surface area contributed by atoms with Crippen molar-refractivity contribution < 1.29 is 14.1 Å². The molecule has 2 rings (SSSR count). The third kappa shape index (κ3) is 2.98. The minimum Gasteiger partial charge on any atom is -0.372 e. The lowest BCUT2D eigenvalue weighted by molar-refractivity contribution is -0.386. The van der Waals surface area contributed by atoms with Gasteiger partial charge in [0.2, 0.25) is 0 Å². The van der Waals surface area contributed by atoms with Crippen molar-refractivity contribution in [1.29, 1.82) is 0 Å². The molecular weight excluding hydrogens is 227 g/mol. The summed E-state index contributed by atoms with van der Waals surface area (Å²) in [6.45, 7) is 1.69. The van der Waals surface area contributed by atoms with Gasteiger partial charge in [0.05, 0.1) is 23.2 Å². The highest BCUT2D eigenvalue weighted by Gasteiger charge is 2.18. The summed E-state index contributed by atoms with van der Waals surface area (Å²) in [7, 11) is 0. The van der Waals surface area contributed by atoms with Crippen LogP contribution in [0.15, 0.2) is 18.2 Å². The molecule has 17 heavy (non-hydrogen) atoms. The van der Waals surface area contributed by atoms with Gasteiger partial charge in [-0.1, -0.05) is 0 Å². The van der Waals surface area contributed by atoms with Crippen LogP contribution in [0.3, 0.4) is 0 Å². The van der Waals surface area contributed by atoms with Crippen molar-refractivity contribution in [3.8, 4) is 0 Å². The Morgan fingerprint density at radius 2 is 2.41 bits per heavy atom. The number of halogens is 1. The van der Waals surface area contributed by atoms with E-state index in [1.807, 2.05) is 0 Å². The number of ether oxygens (including phenoxy) is 1. The maximum atomic E-state index is 13.0. The van der Waals surface area contributed by atoms with E-state index >= 15 is 0 Å². The van der Waals surface area contributed by atoms with Gasteiger partial charge in [-0.2, -0.15) is 0 Å². The van der Waals surface area contributed by atoms with E-state index in [-0.39, 0.29) is 24.0 Å². The van der Waals surface area contributed by atoms with Crippen molar-refractivity contribution in [3.05, 3.63) is 39.7 Å². The second-order valence-electron chi connectivity index (χ2n) is 3.96. The van der Waals surface area contributed by atoms with Gasteiger partial charge in [-0.05, 0) is 25.1 Å². The smallest absolute Gasteiger partial charge is 0.275 e. The molecule has 0 spiro atoms.